The van der Waals surface area contributed by atoms with Gasteiger partial charge in [0.05, 0.1) is 30.8 Å². The van der Waals surface area contributed by atoms with Crippen molar-refractivity contribution in [3.63, 3.8) is 0 Å². The van der Waals surface area contributed by atoms with Crippen molar-refractivity contribution in [1.82, 2.24) is 4.90 Å². The van der Waals surface area contributed by atoms with Crippen LogP contribution in [0, 0.1) is 17.8 Å². The molecular weight excluding hydrogens is 534 g/mol. The van der Waals surface area contributed by atoms with E-state index < -0.39 is 41.1 Å². The first-order valence-electron chi connectivity index (χ1n) is 15.5. The van der Waals surface area contributed by atoms with Gasteiger partial charge in [-0.2, -0.15) is 0 Å². The van der Waals surface area contributed by atoms with Crippen LogP contribution in [0.25, 0.3) is 0 Å². The number of benzene rings is 1. The summed E-state index contributed by atoms with van der Waals surface area (Å²) >= 11 is 0. The molecule has 2 fully saturated rings. The molecular formula is C33H45N3O6. The molecule has 9 nitrogen and oxygen atoms in total. The summed E-state index contributed by atoms with van der Waals surface area (Å²) in [6.07, 6.45) is 9.66. The molecule has 228 valence electrons. The molecule has 9 heteroatoms. The highest BCUT2D eigenvalue weighted by atomic mass is 16.6. The van der Waals surface area contributed by atoms with Gasteiger partial charge in [0.15, 0.2) is 0 Å². The number of nitrogens with zero attached hydrogens (tertiary/aromatic N) is 3. The van der Waals surface area contributed by atoms with Crippen LogP contribution >= 0.6 is 0 Å². The van der Waals surface area contributed by atoms with Gasteiger partial charge in [-0.25, -0.2) is 0 Å². The van der Waals surface area contributed by atoms with Gasteiger partial charge in [-0.1, -0.05) is 44.6 Å². The van der Waals surface area contributed by atoms with Crippen molar-refractivity contribution >= 4 is 29.2 Å². The molecule has 0 bridgehead atoms. The van der Waals surface area contributed by atoms with E-state index in [4.69, 9.17) is 9.47 Å². The summed E-state index contributed by atoms with van der Waals surface area (Å²) < 4.78 is 12.5. The Hall–Kier alpha value is -3.17. The fraction of sp³-hybridized carbons (Fsp3) is 0.606. The maximum Gasteiger partial charge on any atom is 0.313 e. The van der Waals surface area contributed by atoms with Gasteiger partial charge in [0.2, 0.25) is 5.91 Å². The van der Waals surface area contributed by atoms with Gasteiger partial charge in [-0.05, 0) is 63.8 Å². The van der Waals surface area contributed by atoms with Gasteiger partial charge in [0, 0.05) is 31.0 Å². The highest BCUT2D eigenvalue weighted by Crippen LogP contribution is 2.58. The highest BCUT2D eigenvalue weighted by molar-refractivity contribution is 6.05. The summed E-state index contributed by atoms with van der Waals surface area (Å²) in [6.45, 7) is 12.0. The average molecular weight is 580 g/mol. The molecule has 0 radical (unpaired) electrons. The van der Waals surface area contributed by atoms with Crippen LogP contribution in [0.4, 0.5) is 11.4 Å². The molecule has 4 heterocycles. The van der Waals surface area contributed by atoms with E-state index in [1.165, 1.54) is 4.90 Å². The SMILES string of the molecule is CC[C@H](C)[C@H](CO)N1C(=O)[C@@H]2[C@@H]3C(=O)OCCC/C=C\[C@]3(C)O[C@@]23C=CCN(c2ccc(N(CC)CC)cc2)C(=O)C13. The lowest BCUT2D eigenvalue weighted by molar-refractivity contribution is -0.160. The Morgan fingerprint density at radius 2 is 1.74 bits per heavy atom. The lowest BCUT2D eigenvalue weighted by Gasteiger charge is -2.41. The van der Waals surface area contributed by atoms with E-state index >= 15 is 0 Å². The Balaban J connectivity index is 1.63. The van der Waals surface area contributed by atoms with E-state index in [1.807, 2.05) is 69.3 Å². The van der Waals surface area contributed by atoms with Gasteiger partial charge in [-0.3, -0.25) is 14.4 Å². The van der Waals surface area contributed by atoms with Crippen LogP contribution in [0.2, 0.25) is 0 Å². The Morgan fingerprint density at radius 3 is 2.38 bits per heavy atom. The second kappa shape index (κ2) is 11.8. The van der Waals surface area contributed by atoms with Gasteiger partial charge in [0.25, 0.3) is 5.91 Å². The number of hydrogen-bond acceptors (Lipinski definition) is 7. The van der Waals surface area contributed by atoms with Crippen molar-refractivity contribution in [2.75, 3.05) is 42.6 Å². The zero-order valence-electron chi connectivity index (χ0n) is 25.5. The normalized spacial score (nSPS) is 33.0. The topological polar surface area (TPSA) is 99.6 Å². The molecule has 1 aromatic rings. The second-order valence-electron chi connectivity index (χ2n) is 12.1. The summed E-state index contributed by atoms with van der Waals surface area (Å²) in [4.78, 5) is 48.4. The third-order valence-electron chi connectivity index (χ3n) is 9.82. The number of allylic oxidation sites excluding steroid dienone is 1. The number of hydrogen-bond donors (Lipinski definition) is 1. The molecule has 0 saturated carbocycles. The molecule has 0 aromatic heterocycles. The fourth-order valence-electron chi connectivity index (χ4n) is 7.41. The van der Waals surface area contributed by atoms with Crippen LogP contribution in [-0.2, 0) is 23.9 Å². The van der Waals surface area contributed by atoms with E-state index in [2.05, 4.69) is 18.7 Å². The maximum atomic E-state index is 14.8. The number of aliphatic hydroxyl groups excluding tert-OH is 1. The minimum absolute atomic E-state index is 0.0876. The van der Waals surface area contributed by atoms with E-state index in [-0.39, 0.29) is 37.5 Å². The van der Waals surface area contributed by atoms with Gasteiger partial charge in [0.1, 0.15) is 17.6 Å². The number of rotatable bonds is 8. The monoisotopic (exact) mass is 579 g/mol. The van der Waals surface area contributed by atoms with E-state index in [1.54, 1.807) is 4.90 Å². The standard InChI is InChI=1S/C33H45N3O6/c1-6-22(4)25(21-37)36-28-30(39)35(24-15-13-23(14-16-24)34(7-2)8-3)19-12-18-33(28)26(29(36)38)27-31(40)41-20-11-9-10-17-32(27,5)42-33/h10,12-18,22,25-28,37H,6-9,11,19-21H2,1-5H3/b17-10-/t22-,25-,26-,27+,28?,32-,33-/m0/s1. The number of aliphatic hydroxyl groups is 1. The van der Waals surface area contributed by atoms with Crippen molar-refractivity contribution in [1.29, 1.82) is 0 Å². The molecule has 1 N–H and O–H groups in total. The lowest BCUT2D eigenvalue weighted by atomic mass is 9.74. The predicted octanol–water partition coefficient (Wildman–Crippen LogP) is 3.71. The number of amides is 2. The quantitative estimate of drug-likeness (QED) is 0.370. The molecule has 0 aliphatic carbocycles. The molecule has 5 rings (SSSR count). The summed E-state index contributed by atoms with van der Waals surface area (Å²) in [5.41, 5.74) is -0.754. The molecule has 1 aromatic carbocycles. The summed E-state index contributed by atoms with van der Waals surface area (Å²) in [7, 11) is 0. The highest BCUT2D eigenvalue weighted by Gasteiger charge is 2.75. The third kappa shape index (κ3) is 4.74. The van der Waals surface area contributed by atoms with Crippen LogP contribution in [0.1, 0.15) is 53.9 Å². The number of ether oxygens (including phenoxy) is 2. The van der Waals surface area contributed by atoms with Gasteiger partial charge in [-0.15, -0.1) is 0 Å². The number of likely N-dealkylation sites (tertiary alicyclic amines) is 1. The van der Waals surface area contributed by atoms with Crippen molar-refractivity contribution in [2.24, 2.45) is 17.8 Å². The molecule has 1 spiro atoms. The molecule has 2 saturated heterocycles. The smallest absolute Gasteiger partial charge is 0.313 e. The Kier molecular flexibility index (Phi) is 8.54. The fourth-order valence-corrected chi connectivity index (χ4v) is 7.41. The van der Waals surface area contributed by atoms with E-state index in [9.17, 15) is 19.5 Å². The average Bonchev–Trinajstić information content (AvgIpc) is 3.33. The van der Waals surface area contributed by atoms with Crippen LogP contribution in [-0.4, -0.2) is 83.9 Å². The summed E-state index contributed by atoms with van der Waals surface area (Å²) in [5.74, 6) is -3.12. The number of fused-ring (bicyclic) bond motifs is 2. The number of esters is 1. The molecule has 42 heavy (non-hydrogen) atoms. The second-order valence-corrected chi connectivity index (χ2v) is 12.1. The Bertz CT molecular complexity index is 1240. The summed E-state index contributed by atoms with van der Waals surface area (Å²) in [5, 5.41) is 10.6. The van der Waals surface area contributed by atoms with E-state index in [0.717, 1.165) is 18.8 Å². The summed E-state index contributed by atoms with van der Waals surface area (Å²) in [6, 6.07) is 6.21. The van der Waals surface area contributed by atoms with Crippen LogP contribution in [0.15, 0.2) is 48.6 Å². The van der Waals surface area contributed by atoms with Crippen molar-refractivity contribution in [3.8, 4) is 0 Å². The predicted molar refractivity (Wildman–Crippen MR) is 161 cm³/mol. The minimum atomic E-state index is -1.40. The van der Waals surface area contributed by atoms with Gasteiger partial charge >= 0.3 is 5.97 Å². The number of carbonyl (C=O) groups excluding carboxylic acids is 3. The third-order valence-corrected chi connectivity index (χ3v) is 9.82. The first-order valence-corrected chi connectivity index (χ1v) is 15.5. The molecule has 1 unspecified atom stereocenters. The minimum Gasteiger partial charge on any atom is -0.465 e. The van der Waals surface area contributed by atoms with E-state index in [0.29, 0.717) is 24.9 Å². The number of cyclic esters (lactones) is 1. The molecule has 7 atom stereocenters. The molecule has 2 amide bonds. The molecule has 4 aliphatic rings. The first-order chi connectivity index (χ1) is 20.2. The largest absolute Gasteiger partial charge is 0.465 e. The number of carbonyl (C=O) groups is 3. The van der Waals surface area contributed by atoms with Crippen LogP contribution in [0.5, 0.6) is 0 Å². The zero-order chi connectivity index (χ0) is 30.2. The van der Waals surface area contributed by atoms with Crippen molar-refractivity contribution in [3.05, 3.63) is 48.6 Å². The lowest BCUT2D eigenvalue weighted by Crippen LogP contribution is -2.60. The van der Waals surface area contributed by atoms with Crippen molar-refractivity contribution < 1.29 is 29.0 Å². The molecule has 4 aliphatic heterocycles. The zero-order valence-corrected chi connectivity index (χ0v) is 25.5. The van der Waals surface area contributed by atoms with Crippen LogP contribution < -0.4 is 9.80 Å². The van der Waals surface area contributed by atoms with Crippen LogP contribution in [0.3, 0.4) is 0 Å². The Morgan fingerprint density at radius 1 is 1.02 bits per heavy atom. The Labute approximate surface area is 249 Å². The number of anilines is 2. The van der Waals surface area contributed by atoms with Gasteiger partial charge < -0.3 is 29.3 Å². The maximum absolute atomic E-state index is 14.8. The first kappa shape index (κ1) is 30.3. The van der Waals surface area contributed by atoms with Crippen molar-refractivity contribution in [2.45, 2.75) is 77.2 Å².